The maximum atomic E-state index is 13.5. The third-order valence-corrected chi connectivity index (χ3v) is 5.32. The first kappa shape index (κ1) is 22.2. The molecule has 33 heavy (non-hydrogen) atoms. The molecule has 3 aromatic carbocycles. The third kappa shape index (κ3) is 5.26. The predicted octanol–water partition coefficient (Wildman–Crippen LogP) is 4.86. The number of rotatable bonds is 6. The van der Waals surface area contributed by atoms with Crippen molar-refractivity contribution < 1.29 is 23.6 Å². The second-order valence-electron chi connectivity index (χ2n) is 7.88. The standard InChI is InChI=1S/C26H23FN2O4/c1-16-11-12-17(2)21(13-16)28-25(30)24(18-7-4-3-5-8-18)32-26(31)23-15-22(29-33-23)19-9-6-10-20(27)14-19/h3-14,23-24H,15H2,1-2H3,(H,28,30)/t23-,24+/m1/s1. The first-order chi connectivity index (χ1) is 15.9. The molecule has 7 heteroatoms. The van der Waals surface area contributed by atoms with Gasteiger partial charge in [-0.3, -0.25) is 4.79 Å². The van der Waals surface area contributed by atoms with Crippen LogP contribution in [0.25, 0.3) is 0 Å². The number of halogens is 1. The summed E-state index contributed by atoms with van der Waals surface area (Å²) in [6.07, 6.45) is -2.09. The van der Waals surface area contributed by atoms with Gasteiger partial charge in [0, 0.05) is 23.2 Å². The lowest BCUT2D eigenvalue weighted by molar-refractivity contribution is -0.164. The van der Waals surface area contributed by atoms with E-state index >= 15 is 0 Å². The molecule has 1 heterocycles. The molecule has 1 amide bonds. The van der Waals surface area contributed by atoms with E-state index < -0.39 is 29.9 Å². The molecule has 0 saturated heterocycles. The molecule has 1 N–H and O–H groups in total. The van der Waals surface area contributed by atoms with Crippen molar-refractivity contribution in [3.05, 3.63) is 101 Å². The van der Waals surface area contributed by atoms with E-state index in [9.17, 15) is 14.0 Å². The number of hydrogen-bond acceptors (Lipinski definition) is 5. The van der Waals surface area contributed by atoms with Gasteiger partial charge in [-0.05, 0) is 43.2 Å². The molecule has 0 aliphatic carbocycles. The number of hydrogen-bond donors (Lipinski definition) is 1. The van der Waals surface area contributed by atoms with Crippen molar-refractivity contribution in [1.82, 2.24) is 0 Å². The summed E-state index contributed by atoms with van der Waals surface area (Å²) in [6.45, 7) is 3.81. The molecule has 1 aliphatic heterocycles. The molecule has 0 unspecified atom stereocenters. The Kier molecular flexibility index (Phi) is 6.49. The smallest absolute Gasteiger partial charge is 0.351 e. The Hall–Kier alpha value is -4.00. The van der Waals surface area contributed by atoms with Crippen molar-refractivity contribution in [1.29, 1.82) is 0 Å². The average molecular weight is 446 g/mol. The maximum Gasteiger partial charge on any atom is 0.351 e. The van der Waals surface area contributed by atoms with Crippen LogP contribution >= 0.6 is 0 Å². The number of esters is 1. The minimum Gasteiger partial charge on any atom is -0.444 e. The summed E-state index contributed by atoms with van der Waals surface area (Å²) in [7, 11) is 0. The number of carbonyl (C=O) groups is 2. The van der Waals surface area contributed by atoms with Gasteiger partial charge >= 0.3 is 5.97 Å². The highest BCUT2D eigenvalue weighted by atomic mass is 19.1. The topological polar surface area (TPSA) is 77.0 Å². The predicted molar refractivity (Wildman–Crippen MR) is 122 cm³/mol. The Morgan fingerprint density at radius 2 is 1.85 bits per heavy atom. The van der Waals surface area contributed by atoms with Gasteiger partial charge < -0.3 is 14.9 Å². The van der Waals surface area contributed by atoms with Gasteiger partial charge in [-0.15, -0.1) is 0 Å². The van der Waals surface area contributed by atoms with E-state index in [4.69, 9.17) is 9.57 Å². The van der Waals surface area contributed by atoms with Crippen LogP contribution in [0.3, 0.4) is 0 Å². The monoisotopic (exact) mass is 446 g/mol. The number of oxime groups is 1. The van der Waals surface area contributed by atoms with E-state index in [2.05, 4.69) is 10.5 Å². The number of aryl methyl sites for hydroxylation is 2. The van der Waals surface area contributed by atoms with Gasteiger partial charge in [-0.25, -0.2) is 9.18 Å². The van der Waals surface area contributed by atoms with Crippen LogP contribution in [-0.2, 0) is 19.2 Å². The molecule has 0 radical (unpaired) electrons. The normalized spacial score (nSPS) is 15.8. The molecular weight excluding hydrogens is 423 g/mol. The molecule has 1 aliphatic rings. The van der Waals surface area contributed by atoms with E-state index in [0.29, 0.717) is 22.5 Å². The van der Waals surface area contributed by atoms with Crippen LogP contribution in [0, 0.1) is 19.7 Å². The quantitative estimate of drug-likeness (QED) is 0.549. The molecule has 0 saturated carbocycles. The number of benzene rings is 3. The molecular formula is C26H23FN2O4. The summed E-state index contributed by atoms with van der Waals surface area (Å²) in [6, 6.07) is 20.4. The highest BCUT2D eigenvalue weighted by molar-refractivity contribution is 6.04. The molecule has 0 spiro atoms. The zero-order valence-corrected chi connectivity index (χ0v) is 18.2. The largest absolute Gasteiger partial charge is 0.444 e. The lowest BCUT2D eigenvalue weighted by Gasteiger charge is -2.20. The fraction of sp³-hybridized carbons (Fsp3) is 0.192. The summed E-state index contributed by atoms with van der Waals surface area (Å²) >= 11 is 0. The second-order valence-corrected chi connectivity index (χ2v) is 7.88. The van der Waals surface area contributed by atoms with Crippen LogP contribution in [0.4, 0.5) is 10.1 Å². The molecule has 168 valence electrons. The van der Waals surface area contributed by atoms with Crippen molar-refractivity contribution in [3.8, 4) is 0 Å². The molecule has 0 aromatic heterocycles. The van der Waals surface area contributed by atoms with E-state index in [0.717, 1.165) is 11.1 Å². The zero-order chi connectivity index (χ0) is 23.4. The number of amides is 1. The Bertz CT molecular complexity index is 1210. The zero-order valence-electron chi connectivity index (χ0n) is 18.2. The molecule has 4 rings (SSSR count). The highest BCUT2D eigenvalue weighted by Crippen LogP contribution is 2.25. The summed E-state index contributed by atoms with van der Waals surface area (Å²) in [5.74, 6) is -1.61. The Morgan fingerprint density at radius 3 is 2.61 bits per heavy atom. The average Bonchev–Trinajstić information content (AvgIpc) is 3.31. The van der Waals surface area contributed by atoms with Gasteiger partial charge in [0.05, 0.1) is 5.71 Å². The van der Waals surface area contributed by atoms with Gasteiger partial charge in [-0.1, -0.05) is 59.8 Å². The second kappa shape index (κ2) is 9.65. The van der Waals surface area contributed by atoms with Gasteiger partial charge in [0.15, 0.2) is 0 Å². The lowest BCUT2D eigenvalue weighted by Crippen LogP contribution is -2.31. The summed E-state index contributed by atoms with van der Waals surface area (Å²) < 4.78 is 19.1. The lowest BCUT2D eigenvalue weighted by atomic mass is 10.0. The molecule has 3 aromatic rings. The molecule has 0 fully saturated rings. The van der Waals surface area contributed by atoms with Crippen LogP contribution in [0.1, 0.15) is 34.8 Å². The first-order valence-corrected chi connectivity index (χ1v) is 10.5. The van der Waals surface area contributed by atoms with Crippen molar-refractivity contribution in [2.75, 3.05) is 5.32 Å². The van der Waals surface area contributed by atoms with Crippen molar-refractivity contribution in [2.45, 2.75) is 32.5 Å². The van der Waals surface area contributed by atoms with E-state index in [1.54, 1.807) is 36.4 Å². The minimum atomic E-state index is -1.18. The van der Waals surface area contributed by atoms with Crippen LogP contribution < -0.4 is 5.32 Å². The fourth-order valence-electron chi connectivity index (χ4n) is 3.50. The van der Waals surface area contributed by atoms with Gasteiger partial charge in [0.1, 0.15) is 5.82 Å². The van der Waals surface area contributed by atoms with E-state index in [-0.39, 0.29) is 6.42 Å². The Balaban J connectivity index is 1.50. The Morgan fingerprint density at radius 1 is 1.06 bits per heavy atom. The fourth-order valence-corrected chi connectivity index (χ4v) is 3.50. The van der Waals surface area contributed by atoms with Crippen LogP contribution in [-0.4, -0.2) is 23.7 Å². The van der Waals surface area contributed by atoms with Crippen LogP contribution in [0.15, 0.2) is 78.0 Å². The van der Waals surface area contributed by atoms with Gasteiger partial charge in [0.2, 0.25) is 12.2 Å². The maximum absolute atomic E-state index is 13.5. The number of nitrogens with one attached hydrogen (secondary N) is 1. The van der Waals surface area contributed by atoms with Crippen molar-refractivity contribution in [2.24, 2.45) is 5.16 Å². The SMILES string of the molecule is Cc1ccc(C)c(NC(=O)[C@@H](OC(=O)[C@H]2CC(c3cccc(F)c3)=NO2)c2ccccc2)c1. The van der Waals surface area contributed by atoms with E-state index in [1.807, 2.05) is 38.1 Å². The van der Waals surface area contributed by atoms with Crippen molar-refractivity contribution >= 4 is 23.3 Å². The molecule has 6 nitrogen and oxygen atoms in total. The summed E-state index contributed by atoms with van der Waals surface area (Å²) in [5.41, 5.74) is 4.01. The molecule has 0 bridgehead atoms. The minimum absolute atomic E-state index is 0.113. The number of ether oxygens (including phenoxy) is 1. The Labute approximate surface area is 191 Å². The van der Waals surface area contributed by atoms with Crippen LogP contribution in [0.2, 0.25) is 0 Å². The third-order valence-electron chi connectivity index (χ3n) is 5.32. The van der Waals surface area contributed by atoms with Crippen LogP contribution in [0.5, 0.6) is 0 Å². The van der Waals surface area contributed by atoms with E-state index in [1.165, 1.54) is 12.1 Å². The summed E-state index contributed by atoms with van der Waals surface area (Å²) in [4.78, 5) is 31.3. The number of anilines is 1. The van der Waals surface area contributed by atoms with Crippen molar-refractivity contribution in [3.63, 3.8) is 0 Å². The molecule has 2 atom stereocenters. The number of nitrogens with zero attached hydrogens (tertiary/aromatic N) is 1. The summed E-state index contributed by atoms with van der Waals surface area (Å²) in [5, 5.41) is 6.77. The first-order valence-electron chi connectivity index (χ1n) is 10.5. The number of carbonyl (C=O) groups excluding carboxylic acids is 2. The highest BCUT2D eigenvalue weighted by Gasteiger charge is 2.34. The van der Waals surface area contributed by atoms with Gasteiger partial charge in [0.25, 0.3) is 5.91 Å². The van der Waals surface area contributed by atoms with Gasteiger partial charge in [-0.2, -0.15) is 0 Å².